The van der Waals surface area contributed by atoms with E-state index in [9.17, 15) is 88.6 Å². The van der Waals surface area contributed by atoms with Crippen molar-refractivity contribution in [3.63, 3.8) is 0 Å². The van der Waals surface area contributed by atoms with Crippen molar-refractivity contribution in [3.05, 3.63) is 132 Å². The van der Waals surface area contributed by atoms with Crippen LogP contribution in [-0.2, 0) is 59.6 Å². The van der Waals surface area contributed by atoms with Crippen molar-refractivity contribution in [1.29, 1.82) is 0 Å². The summed E-state index contributed by atoms with van der Waals surface area (Å²) in [6, 6.07) is 5.70. The van der Waals surface area contributed by atoms with E-state index in [1.54, 1.807) is 22.6 Å². The summed E-state index contributed by atoms with van der Waals surface area (Å²) in [5.41, 5.74) is -8.10. The maximum Gasteiger partial charge on any atom is 0.416 e. The number of carbonyl (C=O) groups excluding carboxylic acids is 2. The van der Waals surface area contributed by atoms with E-state index in [-0.39, 0.29) is 35.2 Å². The van der Waals surface area contributed by atoms with E-state index in [2.05, 4.69) is 19.2 Å². The summed E-state index contributed by atoms with van der Waals surface area (Å²) < 4.78 is 250. The molecule has 2 amide bonds. The van der Waals surface area contributed by atoms with E-state index in [1.165, 1.54) is 51.9 Å². The zero-order chi connectivity index (χ0) is 60.8. The topological polar surface area (TPSA) is 74.3 Å². The second-order valence-electron chi connectivity index (χ2n) is 21.8. The normalized spacial score (nSPS) is 21.7. The number of hydrogen-bond donors (Lipinski definition) is 1. The fourth-order valence-electron chi connectivity index (χ4n) is 9.88. The van der Waals surface area contributed by atoms with Crippen molar-refractivity contribution < 1.29 is 98.1 Å². The number of alkyl halides is 18. The lowest BCUT2D eigenvalue weighted by Crippen LogP contribution is -2.41. The molecule has 0 bridgehead atoms. The zero-order valence-corrected chi connectivity index (χ0v) is 46.1. The highest BCUT2D eigenvalue weighted by Crippen LogP contribution is 2.45. The average molecular weight is 1290 g/mol. The van der Waals surface area contributed by atoms with E-state index in [1.807, 2.05) is 18.7 Å². The number of hydrogen-bond acceptors (Lipinski definition) is 6. The number of carbonyl (C=O) groups is 2. The van der Waals surface area contributed by atoms with E-state index >= 15 is 0 Å². The fraction of sp³-hybridized carbons (Fsp3) is 0.519. The van der Waals surface area contributed by atoms with Gasteiger partial charge in [0.25, 0.3) is 0 Å². The number of piperidine rings is 2. The Balaban J connectivity index is 0.000000232. The standard InChI is InChI=1S/C27H27F9N2O2.C20H13F9INO2.C7H15N/c1-15-22(16-9-19(26(31,32)33)12-20(10-16)27(34,35)36)40-23(39)38(15)13-17-11-18(25(28,29)30)5-6-21(17)37-8-4-7-24(2,3)14-37;1-9-16(10-4-13(19(24,25)26)7-14(5-10)20(27,28)29)33-17(32)31(9)8-11-6-12(18(21,22)23)2-3-15(11)30;1-7(2)4-3-5-8-6-7/h5-6,9-12,15,22H,4,7-8,13-14H2,1-3H3;2-7,9,16H,8H2,1H3;8H,3-6H2,1-2H3/t15-,22-;9-,16-;/m00./s1. The number of nitrogens with zero attached hydrogens (tertiary/aromatic N) is 3. The first-order chi connectivity index (χ1) is 36.9. The molecule has 4 heterocycles. The average Bonchev–Trinajstić information content (AvgIpc) is 3.81. The number of cyclic esters (lactones) is 2. The van der Waals surface area contributed by atoms with Gasteiger partial charge in [0.2, 0.25) is 0 Å². The van der Waals surface area contributed by atoms with Crippen LogP contribution in [0.25, 0.3) is 0 Å². The van der Waals surface area contributed by atoms with Gasteiger partial charge < -0.3 is 19.7 Å². The van der Waals surface area contributed by atoms with Gasteiger partial charge in [0.1, 0.15) is 12.2 Å². The van der Waals surface area contributed by atoms with E-state index < -0.39 is 125 Å². The molecule has 0 spiro atoms. The lowest BCUT2D eigenvalue weighted by molar-refractivity contribution is -0.144. The van der Waals surface area contributed by atoms with Gasteiger partial charge in [-0.05, 0) is 175 Å². The number of ether oxygens (including phenoxy) is 2. The van der Waals surface area contributed by atoms with Gasteiger partial charge in [0.15, 0.2) is 0 Å². The van der Waals surface area contributed by atoms with E-state index in [0.717, 1.165) is 46.9 Å². The number of anilines is 1. The monoisotopic (exact) mass is 1290 g/mol. The van der Waals surface area contributed by atoms with Gasteiger partial charge in [-0.15, -0.1) is 0 Å². The zero-order valence-electron chi connectivity index (χ0n) is 44.0. The third-order valence-corrected chi connectivity index (χ3v) is 15.2. The smallest absolute Gasteiger partial charge is 0.416 e. The van der Waals surface area contributed by atoms with Crippen molar-refractivity contribution >= 4 is 40.5 Å². The van der Waals surface area contributed by atoms with Gasteiger partial charge >= 0.3 is 49.2 Å². The summed E-state index contributed by atoms with van der Waals surface area (Å²) in [7, 11) is 0. The van der Waals surface area contributed by atoms with Gasteiger partial charge in [0.05, 0.1) is 58.6 Å². The van der Waals surface area contributed by atoms with E-state index in [4.69, 9.17) is 9.47 Å². The molecule has 448 valence electrons. The summed E-state index contributed by atoms with van der Waals surface area (Å²) >= 11 is 1.75. The van der Waals surface area contributed by atoms with Crippen LogP contribution in [0.5, 0.6) is 0 Å². The molecule has 4 atom stereocenters. The molecular weight excluding hydrogens is 1240 g/mol. The molecule has 4 aliphatic heterocycles. The highest BCUT2D eigenvalue weighted by atomic mass is 127. The molecule has 27 heteroatoms. The van der Waals surface area contributed by atoms with Crippen molar-refractivity contribution in [2.75, 3.05) is 31.1 Å². The van der Waals surface area contributed by atoms with Crippen LogP contribution >= 0.6 is 22.6 Å². The summed E-state index contributed by atoms with van der Waals surface area (Å²) in [5, 5.41) is 3.38. The number of amides is 2. The maximum atomic E-state index is 13.6. The molecular formula is C54H55F18IN4O4. The van der Waals surface area contributed by atoms with Crippen molar-refractivity contribution in [2.24, 2.45) is 10.8 Å². The molecule has 4 aromatic rings. The van der Waals surface area contributed by atoms with Gasteiger partial charge in [-0.25, -0.2) is 9.59 Å². The lowest BCUT2D eigenvalue weighted by atomic mass is 9.83. The van der Waals surface area contributed by atoms with Gasteiger partial charge in [-0.2, -0.15) is 79.0 Å². The van der Waals surface area contributed by atoms with Crippen LogP contribution in [0.15, 0.2) is 72.8 Å². The Morgan fingerprint density at radius 3 is 1.26 bits per heavy atom. The summed E-state index contributed by atoms with van der Waals surface area (Å²) in [6.45, 7) is 14.1. The minimum Gasteiger partial charge on any atom is -0.439 e. The Hall–Kier alpha value is -5.35. The van der Waals surface area contributed by atoms with E-state index in [0.29, 0.717) is 52.0 Å². The third kappa shape index (κ3) is 16.5. The van der Waals surface area contributed by atoms with Gasteiger partial charge in [0, 0.05) is 28.9 Å². The first-order valence-electron chi connectivity index (χ1n) is 25.0. The van der Waals surface area contributed by atoms with Crippen LogP contribution in [-0.4, -0.2) is 60.2 Å². The molecule has 8 nitrogen and oxygen atoms in total. The molecule has 4 fully saturated rings. The first kappa shape index (κ1) is 64.8. The predicted octanol–water partition coefficient (Wildman–Crippen LogP) is 17.3. The minimum atomic E-state index is -5.10. The van der Waals surface area contributed by atoms with Crippen LogP contribution in [0, 0.1) is 14.4 Å². The SMILES string of the molecule is CC1(C)CCCNC1.C[C@H]1[C@@H](c2cc(C(F)(F)F)cc(C(F)(F)F)c2)OC(=O)N1Cc1cc(C(F)(F)F)ccc1I.C[C@H]1[C@@H](c2cc(C(F)(F)F)cc(C(F)(F)F)c2)OC(=O)N1Cc1cc(C(F)(F)F)ccc1N1CCCC(C)(C)C1. The fourth-order valence-corrected chi connectivity index (χ4v) is 10.4. The highest BCUT2D eigenvalue weighted by molar-refractivity contribution is 14.1. The molecule has 8 rings (SSSR count). The second kappa shape index (κ2) is 23.7. The Labute approximate surface area is 467 Å². The molecule has 81 heavy (non-hydrogen) atoms. The first-order valence-corrected chi connectivity index (χ1v) is 26.1. The molecule has 0 radical (unpaired) electrons. The van der Waals surface area contributed by atoms with Gasteiger partial charge in [-0.1, -0.05) is 27.7 Å². The van der Waals surface area contributed by atoms with Crippen LogP contribution in [0.3, 0.4) is 0 Å². The molecule has 0 saturated carbocycles. The number of benzene rings is 4. The molecule has 4 aliphatic rings. The maximum absolute atomic E-state index is 13.6. The molecule has 4 aromatic carbocycles. The van der Waals surface area contributed by atoms with Gasteiger partial charge in [-0.3, -0.25) is 9.80 Å². The van der Waals surface area contributed by atoms with Crippen LogP contribution in [0.1, 0.15) is 135 Å². The summed E-state index contributed by atoms with van der Waals surface area (Å²) in [4.78, 5) is 29.1. The molecule has 1 N–H and O–H groups in total. The third-order valence-electron chi connectivity index (χ3n) is 14.2. The van der Waals surface area contributed by atoms with Crippen molar-refractivity contribution in [3.8, 4) is 0 Å². The molecule has 0 aliphatic carbocycles. The number of rotatable bonds is 7. The Morgan fingerprint density at radius 1 is 0.519 bits per heavy atom. The van der Waals surface area contributed by atoms with Crippen LogP contribution < -0.4 is 10.2 Å². The second-order valence-corrected chi connectivity index (χ2v) is 23.0. The van der Waals surface area contributed by atoms with Crippen molar-refractivity contribution in [1.82, 2.24) is 15.1 Å². The predicted molar refractivity (Wildman–Crippen MR) is 268 cm³/mol. The lowest BCUT2D eigenvalue weighted by Gasteiger charge is -2.40. The largest absolute Gasteiger partial charge is 0.439 e. The Bertz CT molecular complexity index is 2830. The van der Waals surface area contributed by atoms with Crippen LogP contribution in [0.4, 0.5) is 94.3 Å². The highest BCUT2D eigenvalue weighted by Gasteiger charge is 2.46. The minimum absolute atomic E-state index is 0.0300. The summed E-state index contributed by atoms with van der Waals surface area (Å²) in [5.74, 6) is 0. The quantitative estimate of drug-likeness (QED) is 0.147. The Kier molecular flexibility index (Phi) is 19.0. The number of halogens is 19. The van der Waals surface area contributed by atoms with Crippen LogP contribution in [0.2, 0.25) is 0 Å². The van der Waals surface area contributed by atoms with Crippen molar-refractivity contribution in [2.45, 2.75) is 142 Å². The summed E-state index contributed by atoms with van der Waals surface area (Å²) in [6.07, 6.45) is -30.4. The molecule has 0 unspecified atom stereocenters. The number of nitrogens with one attached hydrogen (secondary N) is 1. The molecule has 0 aromatic heterocycles. The molecule has 4 saturated heterocycles. The Morgan fingerprint density at radius 2 is 0.901 bits per heavy atom.